The molecule has 1 saturated heterocycles. The Labute approximate surface area is 202 Å². The van der Waals surface area contributed by atoms with E-state index in [0.717, 1.165) is 30.2 Å². The van der Waals surface area contributed by atoms with Crippen molar-refractivity contribution in [2.45, 2.75) is 51.7 Å². The number of aliphatic hydroxyl groups is 1. The van der Waals surface area contributed by atoms with Crippen LogP contribution in [0.4, 0.5) is 14.2 Å². The Morgan fingerprint density at radius 3 is 2.79 bits per heavy atom. The maximum Gasteiger partial charge on any atom is 0.319 e. The number of nitrogens with one attached hydrogen (secondary N) is 2. The number of rotatable bonds is 11. The van der Waals surface area contributed by atoms with E-state index < -0.39 is 23.9 Å². The first-order chi connectivity index (χ1) is 16.3. The van der Waals surface area contributed by atoms with Crippen LogP contribution in [-0.4, -0.2) is 58.6 Å². The number of hydrogen-bond donors (Lipinski definition) is 4. The summed E-state index contributed by atoms with van der Waals surface area (Å²) in [7, 11) is 0. The minimum Gasteiger partial charge on any atom is -0.471 e. The van der Waals surface area contributed by atoms with Crippen molar-refractivity contribution < 1.29 is 23.8 Å². The average Bonchev–Trinajstić information content (AvgIpc) is 3.19. The number of primary amides is 1. The second-order valence-electron chi connectivity index (χ2n) is 8.48. The lowest BCUT2D eigenvalue weighted by atomic mass is 10.1. The molecular formula is C23H32FN5O4S. The van der Waals surface area contributed by atoms with Gasteiger partial charge in [0.25, 0.3) is 5.91 Å². The van der Waals surface area contributed by atoms with Crippen LogP contribution in [0.3, 0.4) is 0 Å². The average molecular weight is 494 g/mol. The zero-order valence-electron chi connectivity index (χ0n) is 19.3. The number of aryl methyl sites for hydroxylation is 1. The molecule has 0 saturated carbocycles. The third kappa shape index (κ3) is 7.64. The molecule has 0 aliphatic carbocycles. The lowest BCUT2D eigenvalue weighted by molar-refractivity contribution is 0.0933. The number of nitrogens with two attached hydrogens (primary N) is 1. The molecule has 1 aromatic carbocycles. The molecule has 11 heteroatoms. The number of aliphatic hydroxyl groups excluding tert-OH is 1. The Morgan fingerprint density at radius 2 is 2.09 bits per heavy atom. The van der Waals surface area contributed by atoms with E-state index >= 15 is 0 Å². The second-order valence-corrected chi connectivity index (χ2v) is 9.25. The van der Waals surface area contributed by atoms with Gasteiger partial charge < -0.3 is 25.8 Å². The zero-order chi connectivity index (χ0) is 24.5. The van der Waals surface area contributed by atoms with Crippen LogP contribution in [0.1, 0.15) is 53.6 Å². The quantitative estimate of drug-likeness (QED) is 0.356. The first-order valence-corrected chi connectivity index (χ1v) is 12.2. The summed E-state index contributed by atoms with van der Waals surface area (Å²) in [6.45, 7) is 4.72. The molecule has 1 unspecified atom stereocenters. The van der Waals surface area contributed by atoms with Gasteiger partial charge >= 0.3 is 6.03 Å². The summed E-state index contributed by atoms with van der Waals surface area (Å²) >= 11 is 0.851. The molecule has 1 atom stereocenters. The molecule has 1 aromatic heterocycles. The van der Waals surface area contributed by atoms with E-state index in [1.807, 2.05) is 0 Å². The van der Waals surface area contributed by atoms with Crippen LogP contribution in [0.2, 0.25) is 0 Å². The molecule has 5 N–H and O–H groups in total. The summed E-state index contributed by atoms with van der Waals surface area (Å²) in [6.07, 6.45) is 4.37. The standard InChI is InChI=1S/C23H32FN5O4S/c1-15-7-8-16(18(24)12-15)14-33-21-19(20(25)31)22(34-28-21)27-23(32)26-9-5-6-17(30)13-29-10-3-2-4-11-29/h7-8,12,17,30H,2-6,9-11,13-14H2,1H3,(H2,25,31)(H2,26,27,32). The maximum atomic E-state index is 14.0. The van der Waals surface area contributed by atoms with Gasteiger partial charge in [-0.2, -0.15) is 4.37 Å². The number of nitrogens with zero attached hydrogens (tertiary/aromatic N) is 2. The van der Waals surface area contributed by atoms with Gasteiger partial charge in [0.15, 0.2) is 0 Å². The molecular weight excluding hydrogens is 461 g/mol. The molecule has 9 nitrogen and oxygen atoms in total. The lowest BCUT2D eigenvalue weighted by Gasteiger charge is -2.28. The Morgan fingerprint density at radius 1 is 1.32 bits per heavy atom. The summed E-state index contributed by atoms with van der Waals surface area (Å²) in [5, 5.41) is 15.6. The number of β-amino-alcohol motifs (C(OH)–C–C–N with tert-alkyl or cyclic N) is 1. The zero-order valence-corrected chi connectivity index (χ0v) is 20.1. The van der Waals surface area contributed by atoms with Gasteiger partial charge in [0.2, 0.25) is 5.88 Å². The van der Waals surface area contributed by atoms with Gasteiger partial charge in [-0.25, -0.2) is 9.18 Å². The summed E-state index contributed by atoms with van der Waals surface area (Å²) in [5.74, 6) is -1.30. The highest BCUT2D eigenvalue weighted by atomic mass is 32.1. The molecule has 2 heterocycles. The Balaban J connectivity index is 1.45. The van der Waals surface area contributed by atoms with Crippen molar-refractivity contribution in [3.63, 3.8) is 0 Å². The number of carbonyl (C=O) groups is 2. The predicted octanol–water partition coefficient (Wildman–Crippen LogP) is 3.02. The molecule has 0 bridgehead atoms. The largest absolute Gasteiger partial charge is 0.471 e. The van der Waals surface area contributed by atoms with Crippen molar-refractivity contribution in [2.24, 2.45) is 5.73 Å². The summed E-state index contributed by atoms with van der Waals surface area (Å²) in [6, 6.07) is 4.21. The Kier molecular flexibility index (Phi) is 9.61. The minimum atomic E-state index is -0.815. The van der Waals surface area contributed by atoms with Crippen LogP contribution in [0.5, 0.6) is 5.88 Å². The van der Waals surface area contributed by atoms with Gasteiger partial charge in [0, 0.05) is 18.7 Å². The molecule has 1 fully saturated rings. The number of urea groups is 1. The van der Waals surface area contributed by atoms with E-state index in [1.54, 1.807) is 19.1 Å². The molecule has 1 aliphatic rings. The van der Waals surface area contributed by atoms with Gasteiger partial charge in [-0.15, -0.1) is 0 Å². The van der Waals surface area contributed by atoms with Crippen molar-refractivity contribution in [1.82, 2.24) is 14.6 Å². The number of anilines is 1. The Bertz CT molecular complexity index is 980. The van der Waals surface area contributed by atoms with E-state index in [-0.39, 0.29) is 23.1 Å². The number of amides is 3. The highest BCUT2D eigenvalue weighted by Crippen LogP contribution is 2.31. The van der Waals surface area contributed by atoms with Crippen molar-refractivity contribution in [1.29, 1.82) is 0 Å². The number of ether oxygens (including phenoxy) is 1. The molecule has 3 rings (SSSR count). The summed E-state index contributed by atoms with van der Waals surface area (Å²) in [5.41, 5.74) is 6.48. The van der Waals surface area contributed by atoms with Crippen LogP contribution in [-0.2, 0) is 6.61 Å². The molecule has 3 amide bonds. The number of piperidine rings is 1. The third-order valence-electron chi connectivity index (χ3n) is 5.62. The van der Waals surface area contributed by atoms with Crippen molar-refractivity contribution >= 4 is 28.5 Å². The number of aromatic nitrogens is 1. The number of halogens is 1. The molecule has 186 valence electrons. The molecule has 34 heavy (non-hydrogen) atoms. The molecule has 2 aromatic rings. The first-order valence-electron chi connectivity index (χ1n) is 11.5. The first kappa shape index (κ1) is 25.9. The number of likely N-dealkylation sites (tertiary alicyclic amines) is 1. The SMILES string of the molecule is Cc1ccc(COc2nsc(NC(=O)NCCCC(O)CN3CCCCC3)c2C(N)=O)c(F)c1. The smallest absolute Gasteiger partial charge is 0.319 e. The van der Waals surface area contributed by atoms with Gasteiger partial charge in [-0.05, 0) is 68.9 Å². The fraction of sp³-hybridized carbons (Fsp3) is 0.522. The highest BCUT2D eigenvalue weighted by molar-refractivity contribution is 7.11. The monoisotopic (exact) mass is 493 g/mol. The maximum absolute atomic E-state index is 14.0. The van der Waals surface area contributed by atoms with E-state index in [4.69, 9.17) is 10.5 Å². The van der Waals surface area contributed by atoms with E-state index in [1.165, 1.54) is 25.3 Å². The van der Waals surface area contributed by atoms with Gasteiger partial charge in [0.05, 0.1) is 6.10 Å². The summed E-state index contributed by atoms with van der Waals surface area (Å²) in [4.78, 5) is 26.5. The third-order valence-corrected chi connectivity index (χ3v) is 6.37. The number of benzene rings is 1. The fourth-order valence-corrected chi connectivity index (χ4v) is 4.55. The van der Waals surface area contributed by atoms with Crippen LogP contribution >= 0.6 is 11.5 Å². The van der Waals surface area contributed by atoms with Crippen LogP contribution in [0.25, 0.3) is 0 Å². The van der Waals surface area contributed by atoms with Crippen LogP contribution in [0, 0.1) is 12.7 Å². The topological polar surface area (TPSA) is 130 Å². The van der Waals surface area contributed by atoms with Crippen molar-refractivity contribution in [3.8, 4) is 5.88 Å². The van der Waals surface area contributed by atoms with Crippen molar-refractivity contribution in [2.75, 3.05) is 31.5 Å². The molecule has 0 spiro atoms. The number of hydrogen-bond acceptors (Lipinski definition) is 7. The molecule has 1 aliphatic heterocycles. The van der Waals surface area contributed by atoms with Crippen LogP contribution < -0.4 is 21.1 Å². The minimum absolute atomic E-state index is 0.0615. The van der Waals surface area contributed by atoms with Gasteiger partial charge in [-0.1, -0.05) is 18.6 Å². The van der Waals surface area contributed by atoms with Gasteiger partial charge in [0.1, 0.15) is 23.0 Å². The second kappa shape index (κ2) is 12.6. The van der Waals surface area contributed by atoms with Crippen molar-refractivity contribution in [3.05, 3.63) is 40.7 Å². The number of carbonyl (C=O) groups excluding carboxylic acids is 2. The van der Waals surface area contributed by atoms with E-state index in [0.29, 0.717) is 31.5 Å². The van der Waals surface area contributed by atoms with E-state index in [2.05, 4.69) is 19.9 Å². The normalized spacial score (nSPS) is 15.0. The summed E-state index contributed by atoms with van der Waals surface area (Å²) < 4.78 is 23.6. The fourth-order valence-electron chi connectivity index (χ4n) is 3.81. The Hall–Kier alpha value is -2.76. The predicted molar refractivity (Wildman–Crippen MR) is 129 cm³/mol. The van der Waals surface area contributed by atoms with Crippen LogP contribution in [0.15, 0.2) is 18.2 Å². The highest BCUT2D eigenvalue weighted by Gasteiger charge is 2.22. The van der Waals surface area contributed by atoms with E-state index in [9.17, 15) is 19.1 Å². The lowest BCUT2D eigenvalue weighted by Crippen LogP contribution is -2.37. The van der Waals surface area contributed by atoms with Gasteiger partial charge in [-0.3, -0.25) is 10.1 Å². The molecule has 0 radical (unpaired) electrons.